The Kier molecular flexibility index (Phi) is 5.18. The number of nitrogens with one attached hydrogen (secondary N) is 1. The SMILES string of the molecule is CCOC(=O)C1(C)/C(=N/NC(N)=O)CC(=O)N1Cc1ccccc1. The van der Waals surface area contributed by atoms with E-state index in [1.54, 1.807) is 13.8 Å². The fourth-order valence-electron chi connectivity index (χ4n) is 2.60. The molecular weight excluding hydrogens is 312 g/mol. The zero-order valence-corrected chi connectivity index (χ0v) is 13.6. The molecule has 1 aliphatic rings. The van der Waals surface area contributed by atoms with Crippen molar-refractivity contribution in [2.24, 2.45) is 10.8 Å². The Hall–Kier alpha value is -2.90. The quantitative estimate of drug-likeness (QED) is 0.612. The van der Waals surface area contributed by atoms with Crippen molar-refractivity contribution in [2.75, 3.05) is 6.61 Å². The molecule has 0 spiro atoms. The third-order valence-corrected chi connectivity index (χ3v) is 3.88. The molecule has 0 bridgehead atoms. The lowest BCUT2D eigenvalue weighted by molar-refractivity contribution is -0.156. The first-order chi connectivity index (χ1) is 11.4. The number of nitrogens with two attached hydrogens (primary N) is 1. The largest absolute Gasteiger partial charge is 0.464 e. The maximum absolute atomic E-state index is 12.5. The highest BCUT2D eigenvalue weighted by atomic mass is 16.5. The number of carbonyl (C=O) groups excluding carboxylic acids is 3. The summed E-state index contributed by atoms with van der Waals surface area (Å²) in [7, 11) is 0. The van der Waals surface area contributed by atoms with Crippen LogP contribution in [0.3, 0.4) is 0 Å². The van der Waals surface area contributed by atoms with Crippen molar-refractivity contribution in [1.82, 2.24) is 10.3 Å². The van der Waals surface area contributed by atoms with Gasteiger partial charge in [0.05, 0.1) is 18.7 Å². The molecule has 0 radical (unpaired) electrons. The molecule has 1 fully saturated rings. The molecule has 0 aromatic heterocycles. The highest BCUT2D eigenvalue weighted by Gasteiger charge is 2.54. The van der Waals surface area contributed by atoms with Crippen molar-refractivity contribution in [1.29, 1.82) is 0 Å². The Labute approximate surface area is 139 Å². The number of likely N-dealkylation sites (tertiary alicyclic amines) is 1. The molecule has 3 N–H and O–H groups in total. The standard InChI is InChI=1S/C16H20N4O4/c1-3-24-14(22)16(2)12(18-19-15(17)23)9-13(21)20(16)10-11-7-5-4-6-8-11/h4-8H,3,9-10H2,1-2H3,(H3,17,19,23)/b18-12+. The van der Waals surface area contributed by atoms with Crippen LogP contribution in [-0.2, 0) is 20.9 Å². The van der Waals surface area contributed by atoms with Crippen LogP contribution in [0.2, 0.25) is 0 Å². The van der Waals surface area contributed by atoms with Gasteiger partial charge in [-0.3, -0.25) is 4.79 Å². The summed E-state index contributed by atoms with van der Waals surface area (Å²) in [5.41, 5.74) is 6.76. The summed E-state index contributed by atoms with van der Waals surface area (Å²) in [6.45, 7) is 3.63. The van der Waals surface area contributed by atoms with Crippen LogP contribution in [0, 0.1) is 0 Å². The van der Waals surface area contributed by atoms with E-state index in [0.717, 1.165) is 5.56 Å². The maximum Gasteiger partial charge on any atom is 0.337 e. The van der Waals surface area contributed by atoms with Crippen LogP contribution in [-0.4, -0.2) is 40.7 Å². The van der Waals surface area contributed by atoms with Gasteiger partial charge in [0, 0.05) is 6.54 Å². The number of hydrazone groups is 1. The molecule has 128 valence electrons. The van der Waals surface area contributed by atoms with Gasteiger partial charge >= 0.3 is 12.0 Å². The van der Waals surface area contributed by atoms with Gasteiger partial charge in [0.2, 0.25) is 5.91 Å². The summed E-state index contributed by atoms with van der Waals surface area (Å²) in [4.78, 5) is 37.3. The summed E-state index contributed by atoms with van der Waals surface area (Å²) < 4.78 is 5.12. The van der Waals surface area contributed by atoms with E-state index in [-0.39, 0.29) is 31.2 Å². The summed E-state index contributed by atoms with van der Waals surface area (Å²) >= 11 is 0. The highest BCUT2D eigenvalue weighted by molar-refractivity contribution is 6.23. The van der Waals surface area contributed by atoms with E-state index in [0.29, 0.717) is 0 Å². The van der Waals surface area contributed by atoms with Crippen LogP contribution in [0.1, 0.15) is 25.8 Å². The number of carbonyl (C=O) groups is 3. The molecule has 1 aliphatic heterocycles. The van der Waals surface area contributed by atoms with Crippen molar-refractivity contribution in [2.45, 2.75) is 32.4 Å². The highest BCUT2D eigenvalue weighted by Crippen LogP contribution is 2.31. The van der Waals surface area contributed by atoms with Crippen molar-refractivity contribution in [3.63, 3.8) is 0 Å². The van der Waals surface area contributed by atoms with E-state index in [4.69, 9.17) is 10.5 Å². The normalized spacial score (nSPS) is 21.8. The van der Waals surface area contributed by atoms with Crippen molar-refractivity contribution >= 4 is 23.6 Å². The number of hydrogen-bond donors (Lipinski definition) is 2. The average Bonchev–Trinajstić information content (AvgIpc) is 2.79. The minimum Gasteiger partial charge on any atom is -0.464 e. The zero-order valence-electron chi connectivity index (χ0n) is 13.6. The predicted molar refractivity (Wildman–Crippen MR) is 86.8 cm³/mol. The Morgan fingerprint density at radius 2 is 2.04 bits per heavy atom. The lowest BCUT2D eigenvalue weighted by Gasteiger charge is -2.33. The van der Waals surface area contributed by atoms with Gasteiger partial charge < -0.3 is 15.4 Å². The monoisotopic (exact) mass is 332 g/mol. The number of urea groups is 1. The smallest absolute Gasteiger partial charge is 0.337 e. The number of nitrogens with zero attached hydrogens (tertiary/aromatic N) is 2. The molecule has 1 aromatic rings. The van der Waals surface area contributed by atoms with Crippen molar-refractivity contribution < 1.29 is 19.1 Å². The number of benzene rings is 1. The second kappa shape index (κ2) is 7.12. The minimum absolute atomic E-state index is 0.0948. The summed E-state index contributed by atoms with van der Waals surface area (Å²) in [6.07, 6.45) is -0.0948. The number of hydrogen-bond acceptors (Lipinski definition) is 5. The molecule has 8 nitrogen and oxygen atoms in total. The zero-order chi connectivity index (χ0) is 17.7. The van der Waals surface area contributed by atoms with Gasteiger partial charge in [-0.2, -0.15) is 5.10 Å². The molecule has 1 heterocycles. The minimum atomic E-state index is -1.40. The van der Waals surface area contributed by atoms with Crippen LogP contribution >= 0.6 is 0 Å². The molecule has 1 aromatic carbocycles. The Balaban J connectivity index is 2.39. The lowest BCUT2D eigenvalue weighted by Crippen LogP contribution is -2.54. The number of primary amides is 1. The molecule has 3 amide bonds. The first kappa shape index (κ1) is 17.5. The molecule has 0 saturated carbocycles. The second-order valence-electron chi connectivity index (χ2n) is 5.47. The molecule has 2 rings (SSSR count). The molecule has 0 aliphatic carbocycles. The van der Waals surface area contributed by atoms with Crippen LogP contribution < -0.4 is 11.2 Å². The van der Waals surface area contributed by atoms with Crippen molar-refractivity contribution in [3.05, 3.63) is 35.9 Å². The second-order valence-corrected chi connectivity index (χ2v) is 5.47. The van der Waals surface area contributed by atoms with E-state index in [1.165, 1.54) is 4.90 Å². The molecule has 1 saturated heterocycles. The van der Waals surface area contributed by atoms with Gasteiger partial charge in [-0.1, -0.05) is 30.3 Å². The van der Waals surface area contributed by atoms with E-state index in [9.17, 15) is 14.4 Å². The number of rotatable bonds is 5. The van der Waals surface area contributed by atoms with Gasteiger partial charge in [-0.05, 0) is 19.4 Å². The fraction of sp³-hybridized carbons (Fsp3) is 0.375. The van der Waals surface area contributed by atoms with Gasteiger partial charge in [0.25, 0.3) is 0 Å². The van der Waals surface area contributed by atoms with Crippen LogP contribution in [0.25, 0.3) is 0 Å². The van der Waals surface area contributed by atoms with E-state index >= 15 is 0 Å². The first-order valence-corrected chi connectivity index (χ1v) is 7.53. The Morgan fingerprint density at radius 1 is 1.38 bits per heavy atom. The van der Waals surface area contributed by atoms with E-state index < -0.39 is 17.5 Å². The molecular formula is C16H20N4O4. The van der Waals surface area contributed by atoms with Crippen molar-refractivity contribution in [3.8, 4) is 0 Å². The third kappa shape index (κ3) is 3.37. The summed E-state index contributed by atoms with van der Waals surface area (Å²) in [5, 5.41) is 3.85. The van der Waals surface area contributed by atoms with Crippen LogP contribution in [0.5, 0.6) is 0 Å². The summed E-state index contributed by atoms with van der Waals surface area (Å²) in [6, 6.07) is 8.40. The van der Waals surface area contributed by atoms with Crippen LogP contribution in [0.4, 0.5) is 4.79 Å². The first-order valence-electron chi connectivity index (χ1n) is 7.53. The average molecular weight is 332 g/mol. The maximum atomic E-state index is 12.5. The number of amides is 3. The van der Waals surface area contributed by atoms with Gasteiger partial charge in [-0.25, -0.2) is 15.0 Å². The van der Waals surface area contributed by atoms with Crippen LogP contribution in [0.15, 0.2) is 35.4 Å². The van der Waals surface area contributed by atoms with Gasteiger partial charge in [-0.15, -0.1) is 0 Å². The molecule has 1 unspecified atom stereocenters. The molecule has 24 heavy (non-hydrogen) atoms. The van der Waals surface area contributed by atoms with Gasteiger partial charge in [0.1, 0.15) is 0 Å². The molecule has 8 heteroatoms. The Bertz CT molecular complexity index is 674. The van der Waals surface area contributed by atoms with Gasteiger partial charge in [0.15, 0.2) is 5.54 Å². The van der Waals surface area contributed by atoms with E-state index in [1.807, 2.05) is 30.3 Å². The third-order valence-electron chi connectivity index (χ3n) is 3.88. The molecule has 1 atom stereocenters. The lowest BCUT2D eigenvalue weighted by atomic mass is 9.96. The summed E-state index contributed by atoms with van der Waals surface area (Å²) in [5.74, 6) is -0.878. The fourth-order valence-corrected chi connectivity index (χ4v) is 2.60. The van der Waals surface area contributed by atoms with E-state index in [2.05, 4.69) is 10.5 Å². The number of esters is 1. The predicted octanol–water partition coefficient (Wildman–Crippen LogP) is 0.765. The number of ether oxygens (including phenoxy) is 1. The Morgan fingerprint density at radius 3 is 2.62 bits per heavy atom. The topological polar surface area (TPSA) is 114 Å².